The number of aliphatic carboxylic acids is 2. The summed E-state index contributed by atoms with van der Waals surface area (Å²) < 4.78 is 6.93. The molecule has 2 aliphatic heterocycles. The lowest BCUT2D eigenvalue weighted by atomic mass is 10.0. The summed E-state index contributed by atoms with van der Waals surface area (Å²) in [6.07, 6.45) is 2.18. The zero-order valence-electron chi connectivity index (χ0n) is 27.6. The highest BCUT2D eigenvalue weighted by Crippen LogP contribution is 2.40. The molecule has 4 heterocycles. The third-order valence-corrected chi connectivity index (χ3v) is 9.60. The molecule has 0 radical (unpaired) electrons. The first-order valence-electron chi connectivity index (χ1n) is 15.2. The highest BCUT2D eigenvalue weighted by Gasteiger charge is 2.55. The van der Waals surface area contributed by atoms with E-state index in [1.54, 1.807) is 7.05 Å². The molecule has 51 heavy (non-hydrogen) atoms. The van der Waals surface area contributed by atoms with E-state index in [2.05, 4.69) is 30.5 Å². The normalized spacial score (nSPS) is 18.0. The van der Waals surface area contributed by atoms with E-state index in [4.69, 9.17) is 27.8 Å². The van der Waals surface area contributed by atoms with Gasteiger partial charge in [-0.3, -0.25) is 24.1 Å². The Kier molecular flexibility index (Phi) is 11.8. The van der Waals surface area contributed by atoms with Crippen LogP contribution in [0.15, 0.2) is 22.6 Å². The van der Waals surface area contributed by atoms with Crippen LogP contribution in [0.1, 0.15) is 32.5 Å². The highest BCUT2D eigenvalue weighted by atomic mass is 32.2. The van der Waals surface area contributed by atoms with Gasteiger partial charge in [0.2, 0.25) is 35.1 Å². The summed E-state index contributed by atoms with van der Waals surface area (Å²) >= 11 is 1.92. The smallest absolute Gasteiger partial charge is 0.352 e. The zero-order chi connectivity index (χ0) is 37.8. The second-order valence-electron chi connectivity index (χ2n) is 11.7. The Hall–Kier alpha value is -5.33. The molecule has 0 aliphatic carbocycles. The molecular weight excluding hydrogens is 715 g/mol. The molecule has 24 heteroatoms. The van der Waals surface area contributed by atoms with E-state index >= 15 is 0 Å². The number of nitrogen functional groups attached to an aromatic ring is 2. The van der Waals surface area contributed by atoms with Crippen molar-refractivity contribution in [3.8, 4) is 0 Å². The number of β-lactam (4-membered cyclic amide) rings is 1. The van der Waals surface area contributed by atoms with Gasteiger partial charge in [0.15, 0.2) is 23.2 Å². The second kappa shape index (κ2) is 15.7. The van der Waals surface area contributed by atoms with E-state index in [1.807, 2.05) is 0 Å². The number of nitrogens with zero attached hydrogens (tertiary/aromatic N) is 6. The fraction of sp³-hybridized carbons (Fsp3) is 0.481. The standard InChI is InChI=1S/C27H37N13O9S2/c1-27(2,25(47)48)49-36-15(19-35-26(31)51-37-19)21(43)34-16-22(44)40-17(24(45)46)11(10-50-23(16)40)8-39-9-13(18(30)38(39)3)33-20(42)12(5-4-6-28)32-14(41)7-29/h9,12,16,23,30H,4-8,10,28-29H2,1-3H3,(H7,31,32,33,34,35,37,41,42,43,45,46,47,48)/p+1/b36-15-/t12-,16+,23+/m0/s1. The van der Waals surface area contributed by atoms with Crippen molar-refractivity contribution in [3.05, 3.63) is 23.3 Å². The number of thioether (sulfide) groups is 1. The van der Waals surface area contributed by atoms with Gasteiger partial charge in [-0.25, -0.2) is 9.59 Å². The van der Waals surface area contributed by atoms with Gasteiger partial charge in [-0.05, 0) is 33.2 Å². The molecule has 4 rings (SSSR count). The average molecular weight is 753 g/mol. The van der Waals surface area contributed by atoms with Crippen LogP contribution >= 0.6 is 23.3 Å². The molecule has 276 valence electrons. The first kappa shape index (κ1) is 38.5. The molecule has 2 aromatic rings. The van der Waals surface area contributed by atoms with Crippen molar-refractivity contribution >= 4 is 81.2 Å². The molecule has 0 saturated carbocycles. The van der Waals surface area contributed by atoms with Crippen LogP contribution in [0.4, 0.5) is 16.6 Å². The lowest BCUT2D eigenvalue weighted by Gasteiger charge is -2.49. The summed E-state index contributed by atoms with van der Waals surface area (Å²) in [5.74, 6) is -5.61. The van der Waals surface area contributed by atoms with Crippen molar-refractivity contribution in [2.75, 3.05) is 35.6 Å². The third-order valence-electron chi connectivity index (χ3n) is 7.72. The Labute approximate surface area is 297 Å². The number of hydrogen-bond donors (Lipinski definition) is 9. The highest BCUT2D eigenvalue weighted by molar-refractivity contribution is 8.00. The zero-order valence-corrected chi connectivity index (χ0v) is 29.2. The minimum atomic E-state index is -1.84. The van der Waals surface area contributed by atoms with E-state index in [9.17, 15) is 39.0 Å². The van der Waals surface area contributed by atoms with Crippen LogP contribution in [0.3, 0.4) is 0 Å². The molecule has 3 atom stereocenters. The molecule has 13 N–H and O–H groups in total. The Bertz CT molecular complexity index is 1800. The summed E-state index contributed by atoms with van der Waals surface area (Å²) in [6.45, 7) is 2.32. The van der Waals surface area contributed by atoms with E-state index in [0.717, 1.165) is 16.4 Å². The van der Waals surface area contributed by atoms with Gasteiger partial charge in [-0.2, -0.15) is 9.36 Å². The van der Waals surface area contributed by atoms with Gasteiger partial charge in [0.25, 0.3) is 11.8 Å². The number of carbonyl (C=O) groups excluding carboxylic acids is 4. The van der Waals surface area contributed by atoms with Crippen LogP contribution in [0.2, 0.25) is 0 Å². The number of fused-ring (bicyclic) bond motifs is 1. The Balaban J connectivity index is 1.53. The Morgan fingerprint density at radius 2 is 1.92 bits per heavy atom. The number of nitrogens with two attached hydrogens (primary N) is 4. The number of carbonyl (C=O) groups is 6. The number of oxime groups is 1. The Morgan fingerprint density at radius 1 is 1.22 bits per heavy atom. The fourth-order valence-corrected chi connectivity index (χ4v) is 6.62. The minimum absolute atomic E-state index is 0.0180. The maximum Gasteiger partial charge on any atom is 0.352 e. The number of hydrogen-bond acceptors (Lipinski definition) is 16. The van der Waals surface area contributed by atoms with Crippen molar-refractivity contribution < 1.29 is 48.5 Å². The van der Waals surface area contributed by atoms with Gasteiger partial charge in [0.1, 0.15) is 23.2 Å². The minimum Gasteiger partial charge on any atom is -0.478 e. The number of rotatable bonds is 16. The topological polar surface area (TPSA) is 342 Å². The van der Waals surface area contributed by atoms with Gasteiger partial charge in [-0.15, -0.1) is 21.1 Å². The van der Waals surface area contributed by atoms with E-state index in [0.29, 0.717) is 18.5 Å². The molecule has 0 aromatic carbocycles. The molecule has 2 aromatic heterocycles. The molecule has 1 fully saturated rings. The summed E-state index contributed by atoms with van der Waals surface area (Å²) in [7, 11) is 1.58. The SMILES string of the molecule is Cn1c(N)c(NC(=O)[C@H](CCCN)NC(=O)CN)c[n+]1CC1=C(C(=O)O)N2C(=O)[C@@H](NC(=O)/C(=N\OC(C)(C)C(=O)O)c3nsc(N)n3)[C@H]2SC1. The first-order valence-corrected chi connectivity index (χ1v) is 17.0. The van der Waals surface area contributed by atoms with Gasteiger partial charge in [0, 0.05) is 22.9 Å². The molecule has 4 amide bonds. The largest absolute Gasteiger partial charge is 0.478 e. The van der Waals surface area contributed by atoms with Crippen molar-refractivity contribution in [1.82, 2.24) is 29.6 Å². The number of anilines is 3. The van der Waals surface area contributed by atoms with Crippen LogP contribution in [0.25, 0.3) is 0 Å². The molecular formula is C27H38N13O9S2+. The van der Waals surface area contributed by atoms with Crippen LogP contribution in [-0.4, -0.2) is 112 Å². The number of carboxylic acid groups (broad SMARTS) is 2. The summed E-state index contributed by atoms with van der Waals surface area (Å²) in [5.41, 5.74) is 20.7. The molecule has 22 nitrogen and oxygen atoms in total. The molecule has 0 unspecified atom stereocenters. The summed E-state index contributed by atoms with van der Waals surface area (Å²) in [5, 5.41) is 30.1. The predicted octanol–water partition coefficient (Wildman–Crippen LogP) is -3.53. The van der Waals surface area contributed by atoms with Crippen molar-refractivity contribution in [3.63, 3.8) is 0 Å². The van der Waals surface area contributed by atoms with E-state index in [1.165, 1.54) is 41.2 Å². The monoisotopic (exact) mass is 752 g/mol. The van der Waals surface area contributed by atoms with E-state index in [-0.39, 0.29) is 53.4 Å². The van der Waals surface area contributed by atoms with Crippen LogP contribution < -0.4 is 43.6 Å². The maximum atomic E-state index is 13.4. The number of amides is 4. The van der Waals surface area contributed by atoms with Crippen LogP contribution in [0.5, 0.6) is 0 Å². The number of carboxylic acids is 2. The molecule has 2 aliphatic rings. The predicted molar refractivity (Wildman–Crippen MR) is 181 cm³/mol. The first-order chi connectivity index (χ1) is 24.0. The average Bonchev–Trinajstić information content (AvgIpc) is 3.62. The third kappa shape index (κ3) is 8.35. The van der Waals surface area contributed by atoms with Crippen molar-refractivity contribution in [1.29, 1.82) is 0 Å². The maximum absolute atomic E-state index is 13.4. The van der Waals surface area contributed by atoms with Crippen molar-refractivity contribution in [2.24, 2.45) is 23.7 Å². The second-order valence-corrected chi connectivity index (χ2v) is 13.6. The van der Waals surface area contributed by atoms with E-state index < -0.39 is 64.3 Å². The molecule has 0 spiro atoms. The quantitative estimate of drug-likeness (QED) is 0.0347. The lowest BCUT2D eigenvalue weighted by molar-refractivity contribution is -0.765. The summed E-state index contributed by atoms with van der Waals surface area (Å²) in [4.78, 5) is 85.6. The van der Waals surface area contributed by atoms with Gasteiger partial charge in [0.05, 0.1) is 13.6 Å². The molecule has 1 saturated heterocycles. The van der Waals surface area contributed by atoms with Crippen LogP contribution in [0, 0.1) is 0 Å². The molecule has 0 bridgehead atoms. The van der Waals surface area contributed by atoms with Gasteiger partial charge < -0.3 is 53.9 Å². The number of aromatic nitrogens is 4. The van der Waals surface area contributed by atoms with Gasteiger partial charge >= 0.3 is 11.9 Å². The van der Waals surface area contributed by atoms with Gasteiger partial charge in [-0.1, -0.05) is 5.16 Å². The van der Waals surface area contributed by atoms with Crippen LogP contribution in [-0.2, 0) is 47.2 Å². The van der Waals surface area contributed by atoms with Crippen molar-refractivity contribution in [2.45, 2.75) is 56.3 Å². The number of nitrogens with one attached hydrogen (secondary N) is 3. The lowest BCUT2D eigenvalue weighted by Crippen LogP contribution is -2.71. The summed E-state index contributed by atoms with van der Waals surface area (Å²) in [6, 6.07) is -2.13. The Morgan fingerprint density at radius 3 is 2.51 bits per heavy atom. The fourth-order valence-electron chi connectivity index (χ4n) is 4.85.